The largest absolute Gasteiger partial charge is 0.394 e. The van der Waals surface area contributed by atoms with E-state index in [0.29, 0.717) is 5.69 Å². The lowest BCUT2D eigenvalue weighted by Crippen LogP contribution is -2.56. The zero-order valence-electron chi connectivity index (χ0n) is 16.3. The number of hydrogen-bond donors (Lipinski definition) is 4. The first kappa shape index (κ1) is 22.4. The normalized spacial score (nSPS) is 25.9. The maximum absolute atomic E-state index is 13.6. The molecule has 1 aromatic carbocycles. The quantitative estimate of drug-likeness (QED) is 0.380. The van der Waals surface area contributed by atoms with Crippen molar-refractivity contribution < 1.29 is 42.9 Å². The number of hydrogen-bond acceptors (Lipinski definition) is 9. The van der Waals surface area contributed by atoms with Gasteiger partial charge >= 0.3 is 0 Å². The first-order valence-electron chi connectivity index (χ1n) is 9.57. The molecule has 172 valence electrons. The number of aromatic nitrogens is 4. The molecule has 1 saturated heterocycles. The molecular formula is C19H19F3N4O6. The van der Waals surface area contributed by atoms with Gasteiger partial charge in [-0.1, -0.05) is 10.4 Å². The van der Waals surface area contributed by atoms with Crippen LogP contribution in [0.15, 0.2) is 28.9 Å². The van der Waals surface area contributed by atoms with Crippen LogP contribution in [-0.4, -0.2) is 71.6 Å². The van der Waals surface area contributed by atoms with Gasteiger partial charge in [0.15, 0.2) is 23.2 Å². The molecule has 1 fully saturated rings. The third-order valence-corrected chi connectivity index (χ3v) is 5.26. The summed E-state index contributed by atoms with van der Waals surface area (Å²) in [7, 11) is 0. The lowest BCUT2D eigenvalue weighted by molar-refractivity contribution is -0.205. The maximum Gasteiger partial charge on any atom is 0.194 e. The molecule has 3 heterocycles. The highest BCUT2D eigenvalue weighted by molar-refractivity contribution is 5.57. The summed E-state index contributed by atoms with van der Waals surface area (Å²) in [5.74, 6) is -4.23. The molecule has 10 nitrogen and oxygen atoms in total. The minimum Gasteiger partial charge on any atom is -0.394 e. The zero-order valence-corrected chi connectivity index (χ0v) is 16.3. The van der Waals surface area contributed by atoms with E-state index in [1.807, 2.05) is 0 Å². The van der Waals surface area contributed by atoms with Gasteiger partial charge in [0, 0.05) is 18.1 Å². The summed E-state index contributed by atoms with van der Waals surface area (Å²) in [6.45, 7) is -0.939. The molecule has 0 saturated carbocycles. The molecule has 4 N–H and O–H groups in total. The number of halogens is 3. The number of ether oxygens (including phenoxy) is 1. The Hall–Kier alpha value is -2.84. The van der Waals surface area contributed by atoms with Gasteiger partial charge in [-0.05, 0) is 12.1 Å². The summed E-state index contributed by atoms with van der Waals surface area (Å²) >= 11 is 0. The second-order valence-corrected chi connectivity index (χ2v) is 7.35. The molecule has 0 amide bonds. The fourth-order valence-electron chi connectivity index (χ4n) is 3.65. The molecule has 0 radical (unpaired) electrons. The van der Waals surface area contributed by atoms with Crippen molar-refractivity contribution in [1.29, 1.82) is 0 Å². The van der Waals surface area contributed by atoms with E-state index in [0.717, 1.165) is 16.8 Å². The van der Waals surface area contributed by atoms with Gasteiger partial charge in [-0.25, -0.2) is 17.9 Å². The number of benzene rings is 1. The molecule has 0 spiro atoms. The Morgan fingerprint density at radius 2 is 1.69 bits per heavy atom. The predicted octanol–water partition coefficient (Wildman–Crippen LogP) is 0.108. The van der Waals surface area contributed by atoms with Crippen molar-refractivity contribution in [2.24, 2.45) is 0 Å². The van der Waals surface area contributed by atoms with Gasteiger partial charge in [0.25, 0.3) is 0 Å². The van der Waals surface area contributed by atoms with Crippen molar-refractivity contribution in [3.8, 4) is 11.3 Å². The molecule has 5 atom stereocenters. The monoisotopic (exact) mass is 456 g/mol. The lowest BCUT2D eigenvalue weighted by atomic mass is 9.90. The molecule has 32 heavy (non-hydrogen) atoms. The molecule has 3 aromatic rings. The van der Waals surface area contributed by atoms with E-state index in [1.54, 1.807) is 0 Å². The van der Waals surface area contributed by atoms with Gasteiger partial charge in [-0.3, -0.25) is 0 Å². The second-order valence-electron chi connectivity index (χ2n) is 7.35. The van der Waals surface area contributed by atoms with E-state index in [2.05, 4.69) is 15.5 Å². The van der Waals surface area contributed by atoms with Gasteiger partial charge in [-0.2, -0.15) is 0 Å². The fourth-order valence-corrected chi connectivity index (χ4v) is 3.65. The summed E-state index contributed by atoms with van der Waals surface area (Å²) in [5.41, 5.74) is 0.231. The smallest absolute Gasteiger partial charge is 0.194 e. The van der Waals surface area contributed by atoms with Crippen LogP contribution in [0.5, 0.6) is 0 Å². The summed E-state index contributed by atoms with van der Waals surface area (Å²) in [5, 5.41) is 51.6. The lowest BCUT2D eigenvalue weighted by Gasteiger charge is -2.42. The van der Waals surface area contributed by atoms with Crippen LogP contribution in [0.1, 0.15) is 17.5 Å². The Balaban J connectivity index is 1.62. The average Bonchev–Trinajstić information content (AvgIpc) is 3.43. The Kier molecular flexibility index (Phi) is 6.26. The number of rotatable bonds is 6. The Labute approximate surface area is 178 Å². The molecule has 1 aliphatic heterocycles. The van der Waals surface area contributed by atoms with Gasteiger partial charge in [0.2, 0.25) is 0 Å². The molecule has 13 heteroatoms. The number of aliphatic hydroxyl groups excluding tert-OH is 4. The summed E-state index contributed by atoms with van der Waals surface area (Å²) in [6, 6.07) is 1.81. The van der Waals surface area contributed by atoms with Crippen LogP contribution in [0, 0.1) is 17.5 Å². The van der Waals surface area contributed by atoms with Crippen molar-refractivity contribution in [3.63, 3.8) is 0 Å². The predicted molar refractivity (Wildman–Crippen MR) is 98.3 cm³/mol. The Morgan fingerprint density at radius 1 is 1.00 bits per heavy atom. The van der Waals surface area contributed by atoms with Crippen LogP contribution in [0.3, 0.4) is 0 Å². The van der Waals surface area contributed by atoms with Gasteiger partial charge < -0.3 is 29.7 Å². The van der Waals surface area contributed by atoms with E-state index in [4.69, 9.17) is 14.4 Å². The fraction of sp³-hybridized carbons (Fsp3) is 0.421. The van der Waals surface area contributed by atoms with Crippen molar-refractivity contribution in [2.75, 3.05) is 6.61 Å². The third-order valence-electron chi connectivity index (χ3n) is 5.26. The van der Waals surface area contributed by atoms with Gasteiger partial charge in [0.05, 0.1) is 24.6 Å². The zero-order chi connectivity index (χ0) is 23.0. The van der Waals surface area contributed by atoms with E-state index < -0.39 is 54.5 Å². The molecular weight excluding hydrogens is 437 g/mol. The Bertz CT molecular complexity index is 1070. The van der Waals surface area contributed by atoms with Crippen molar-refractivity contribution >= 4 is 0 Å². The number of nitrogens with zero attached hydrogens (tertiary/aromatic N) is 4. The maximum atomic E-state index is 13.6. The van der Waals surface area contributed by atoms with Crippen LogP contribution in [0.25, 0.3) is 11.3 Å². The van der Waals surface area contributed by atoms with E-state index in [1.165, 1.54) is 12.3 Å². The second kappa shape index (κ2) is 8.96. The molecule has 4 rings (SSSR count). The molecule has 0 aliphatic carbocycles. The third kappa shape index (κ3) is 4.12. The molecule has 2 aromatic heterocycles. The minimum absolute atomic E-state index is 0.0281. The first-order chi connectivity index (χ1) is 15.3. The summed E-state index contributed by atoms with van der Waals surface area (Å²) in [6.07, 6.45) is -3.57. The van der Waals surface area contributed by atoms with Gasteiger partial charge in [0.1, 0.15) is 36.7 Å². The van der Waals surface area contributed by atoms with Crippen LogP contribution < -0.4 is 0 Å². The van der Waals surface area contributed by atoms with Crippen molar-refractivity contribution in [2.45, 2.75) is 43.5 Å². The summed E-state index contributed by atoms with van der Waals surface area (Å²) < 4.78 is 52.0. The van der Waals surface area contributed by atoms with E-state index in [9.17, 15) is 28.5 Å². The molecule has 0 bridgehead atoms. The topological polar surface area (TPSA) is 147 Å². The van der Waals surface area contributed by atoms with Crippen LogP contribution in [0.4, 0.5) is 13.2 Å². The minimum atomic E-state index is -1.62. The average molecular weight is 456 g/mol. The first-order valence-corrected chi connectivity index (χ1v) is 9.57. The van der Waals surface area contributed by atoms with Crippen molar-refractivity contribution in [3.05, 3.63) is 53.3 Å². The molecule has 0 unspecified atom stereocenters. The van der Waals surface area contributed by atoms with Crippen LogP contribution in [0.2, 0.25) is 0 Å². The highest BCUT2D eigenvalue weighted by Crippen LogP contribution is 2.32. The SMILES string of the molecule is OCc1cc(C[C@H]2O[C@H](CO)[C@H](O)[C@H](n3cc(-c4cc(F)c(F)c(F)c4)nn3)[C@H]2O)no1. The number of aliphatic hydroxyl groups is 4. The molecule has 1 aliphatic rings. The van der Waals surface area contributed by atoms with E-state index in [-0.39, 0.29) is 30.0 Å². The van der Waals surface area contributed by atoms with Crippen LogP contribution in [-0.2, 0) is 17.8 Å². The highest BCUT2D eigenvalue weighted by atomic mass is 19.2. The van der Waals surface area contributed by atoms with E-state index >= 15 is 0 Å². The Morgan fingerprint density at radius 3 is 2.31 bits per heavy atom. The summed E-state index contributed by atoms with van der Waals surface area (Å²) in [4.78, 5) is 0. The van der Waals surface area contributed by atoms with Crippen LogP contribution >= 0.6 is 0 Å². The highest BCUT2D eigenvalue weighted by Gasteiger charge is 2.46. The van der Waals surface area contributed by atoms with Crippen molar-refractivity contribution in [1.82, 2.24) is 20.2 Å². The standard InChI is InChI=1S/C19H19F3N4O6/c20-11-1-8(2-12(21)16(11)22)13-5-26(25-23-13)17-18(29)14(31-15(7-28)19(17)30)4-9-3-10(6-27)32-24-9/h1-3,5,14-15,17-19,27-30H,4,6-7H2/t14-,15-,17-,18+,19+/m1/s1. The van der Waals surface area contributed by atoms with Gasteiger partial charge in [-0.15, -0.1) is 5.10 Å².